The van der Waals surface area contributed by atoms with Gasteiger partial charge < -0.3 is 16.0 Å². The number of hydrogen-bond acceptors (Lipinski definition) is 3. The SMILES string of the molecule is CC(N)CCN1CC(=O)Nc2ccc(Br)cc21. The molecule has 17 heavy (non-hydrogen) atoms. The van der Waals surface area contributed by atoms with E-state index in [0.29, 0.717) is 6.54 Å². The molecule has 3 N–H and O–H groups in total. The summed E-state index contributed by atoms with van der Waals surface area (Å²) in [4.78, 5) is 13.6. The number of carbonyl (C=O) groups is 1. The number of benzene rings is 1. The van der Waals surface area contributed by atoms with E-state index in [1.54, 1.807) is 0 Å². The van der Waals surface area contributed by atoms with E-state index in [0.717, 1.165) is 28.8 Å². The van der Waals surface area contributed by atoms with Crippen LogP contribution in [-0.4, -0.2) is 25.0 Å². The van der Waals surface area contributed by atoms with Crippen molar-refractivity contribution in [3.05, 3.63) is 22.7 Å². The third-order valence-electron chi connectivity index (χ3n) is 2.76. The zero-order valence-electron chi connectivity index (χ0n) is 9.74. The molecule has 1 unspecified atom stereocenters. The lowest BCUT2D eigenvalue weighted by Crippen LogP contribution is -2.40. The molecule has 1 aliphatic rings. The zero-order chi connectivity index (χ0) is 12.4. The van der Waals surface area contributed by atoms with Crippen molar-refractivity contribution in [3.8, 4) is 0 Å². The first-order chi connectivity index (χ1) is 8.06. The van der Waals surface area contributed by atoms with Crippen LogP contribution in [0.3, 0.4) is 0 Å². The molecule has 0 bridgehead atoms. The van der Waals surface area contributed by atoms with Gasteiger partial charge in [0.15, 0.2) is 0 Å². The second-order valence-electron chi connectivity index (χ2n) is 4.40. The highest BCUT2D eigenvalue weighted by atomic mass is 79.9. The zero-order valence-corrected chi connectivity index (χ0v) is 11.3. The van der Waals surface area contributed by atoms with Crippen molar-refractivity contribution in [2.45, 2.75) is 19.4 Å². The summed E-state index contributed by atoms with van der Waals surface area (Å²) in [5.41, 5.74) is 7.68. The van der Waals surface area contributed by atoms with E-state index < -0.39 is 0 Å². The minimum Gasteiger partial charge on any atom is -0.360 e. The van der Waals surface area contributed by atoms with Crippen LogP contribution < -0.4 is 16.0 Å². The summed E-state index contributed by atoms with van der Waals surface area (Å²) in [7, 11) is 0. The third kappa shape index (κ3) is 2.98. The molecule has 92 valence electrons. The van der Waals surface area contributed by atoms with Gasteiger partial charge in [-0.3, -0.25) is 4.79 Å². The van der Waals surface area contributed by atoms with E-state index >= 15 is 0 Å². The summed E-state index contributed by atoms with van der Waals surface area (Å²) >= 11 is 3.45. The molecular formula is C12H16BrN3O. The van der Waals surface area contributed by atoms with E-state index in [1.165, 1.54) is 0 Å². The summed E-state index contributed by atoms with van der Waals surface area (Å²) < 4.78 is 1.01. The van der Waals surface area contributed by atoms with Crippen LogP contribution in [0.15, 0.2) is 22.7 Å². The molecule has 0 spiro atoms. The van der Waals surface area contributed by atoms with Gasteiger partial charge in [0.1, 0.15) is 0 Å². The maximum absolute atomic E-state index is 11.6. The van der Waals surface area contributed by atoms with Crippen molar-refractivity contribution >= 4 is 33.2 Å². The minimum absolute atomic E-state index is 0.0319. The topological polar surface area (TPSA) is 58.4 Å². The number of fused-ring (bicyclic) bond motifs is 1. The molecule has 0 saturated carbocycles. The predicted octanol–water partition coefficient (Wildman–Crippen LogP) is 1.94. The van der Waals surface area contributed by atoms with E-state index in [4.69, 9.17) is 5.73 Å². The average molecular weight is 298 g/mol. The number of nitrogens with one attached hydrogen (secondary N) is 1. The van der Waals surface area contributed by atoms with Crippen LogP contribution >= 0.6 is 15.9 Å². The van der Waals surface area contributed by atoms with Gasteiger partial charge in [0, 0.05) is 17.1 Å². The fourth-order valence-corrected chi connectivity index (χ4v) is 2.23. The van der Waals surface area contributed by atoms with Crippen LogP contribution in [-0.2, 0) is 4.79 Å². The van der Waals surface area contributed by atoms with Gasteiger partial charge in [-0.15, -0.1) is 0 Å². The molecule has 0 saturated heterocycles. The van der Waals surface area contributed by atoms with Gasteiger partial charge in [-0.2, -0.15) is 0 Å². The first kappa shape index (κ1) is 12.4. The molecular weight excluding hydrogens is 282 g/mol. The molecule has 1 aromatic rings. The van der Waals surface area contributed by atoms with Crippen molar-refractivity contribution in [1.29, 1.82) is 0 Å². The Bertz CT molecular complexity index is 434. The van der Waals surface area contributed by atoms with Crippen molar-refractivity contribution in [3.63, 3.8) is 0 Å². The van der Waals surface area contributed by atoms with E-state index in [9.17, 15) is 4.79 Å². The molecule has 1 aromatic carbocycles. The van der Waals surface area contributed by atoms with Gasteiger partial charge in [0.05, 0.1) is 17.9 Å². The fraction of sp³-hybridized carbons (Fsp3) is 0.417. The number of rotatable bonds is 3. The average Bonchev–Trinajstić information content (AvgIpc) is 2.26. The quantitative estimate of drug-likeness (QED) is 0.896. The van der Waals surface area contributed by atoms with E-state index in [-0.39, 0.29) is 11.9 Å². The van der Waals surface area contributed by atoms with Gasteiger partial charge >= 0.3 is 0 Å². The standard InChI is InChI=1S/C12H16BrN3O/c1-8(14)4-5-16-7-12(17)15-10-3-2-9(13)6-11(10)16/h2-3,6,8H,4-5,7,14H2,1H3,(H,15,17). The van der Waals surface area contributed by atoms with E-state index in [2.05, 4.69) is 26.1 Å². The lowest BCUT2D eigenvalue weighted by molar-refractivity contribution is -0.115. The highest BCUT2D eigenvalue weighted by Gasteiger charge is 2.21. The Kier molecular flexibility index (Phi) is 3.69. The Morgan fingerprint density at radius 1 is 1.59 bits per heavy atom. The normalized spacial score (nSPS) is 16.4. The fourth-order valence-electron chi connectivity index (χ4n) is 1.88. The molecule has 0 fully saturated rings. The lowest BCUT2D eigenvalue weighted by atomic mass is 10.1. The largest absolute Gasteiger partial charge is 0.360 e. The third-order valence-corrected chi connectivity index (χ3v) is 3.26. The second kappa shape index (κ2) is 5.06. The summed E-state index contributed by atoms with van der Waals surface area (Å²) in [5.74, 6) is 0.0319. The molecule has 1 atom stereocenters. The molecule has 1 amide bonds. The molecule has 0 radical (unpaired) electrons. The Hall–Kier alpha value is -1.07. The molecule has 4 nitrogen and oxygen atoms in total. The molecule has 2 rings (SSSR count). The van der Waals surface area contributed by atoms with Crippen LogP contribution in [0.5, 0.6) is 0 Å². The number of anilines is 2. The van der Waals surface area contributed by atoms with Gasteiger partial charge in [-0.25, -0.2) is 0 Å². The first-order valence-electron chi connectivity index (χ1n) is 5.66. The summed E-state index contributed by atoms with van der Waals surface area (Å²) in [6, 6.07) is 6.01. The number of carbonyl (C=O) groups excluding carboxylic acids is 1. The summed E-state index contributed by atoms with van der Waals surface area (Å²) in [6.45, 7) is 3.18. The molecule has 1 aliphatic heterocycles. The van der Waals surface area contributed by atoms with Gasteiger partial charge in [-0.05, 0) is 31.5 Å². The number of halogens is 1. The van der Waals surface area contributed by atoms with Crippen molar-refractivity contribution in [2.24, 2.45) is 5.73 Å². The van der Waals surface area contributed by atoms with Crippen molar-refractivity contribution in [1.82, 2.24) is 0 Å². The monoisotopic (exact) mass is 297 g/mol. The molecule has 0 aliphatic carbocycles. The molecule has 0 aromatic heterocycles. The van der Waals surface area contributed by atoms with Crippen LogP contribution in [0.4, 0.5) is 11.4 Å². The number of nitrogens with zero attached hydrogens (tertiary/aromatic N) is 1. The summed E-state index contributed by atoms with van der Waals surface area (Å²) in [5, 5.41) is 2.87. The first-order valence-corrected chi connectivity index (χ1v) is 6.45. The lowest BCUT2D eigenvalue weighted by Gasteiger charge is -2.31. The maximum atomic E-state index is 11.6. The predicted molar refractivity (Wildman–Crippen MR) is 73.3 cm³/mol. The van der Waals surface area contributed by atoms with Crippen molar-refractivity contribution in [2.75, 3.05) is 23.3 Å². The van der Waals surface area contributed by atoms with Gasteiger partial charge in [-0.1, -0.05) is 15.9 Å². The van der Waals surface area contributed by atoms with Crippen molar-refractivity contribution < 1.29 is 4.79 Å². The smallest absolute Gasteiger partial charge is 0.243 e. The Labute approximate surface area is 109 Å². The van der Waals surface area contributed by atoms with Crippen LogP contribution in [0.25, 0.3) is 0 Å². The van der Waals surface area contributed by atoms with Crippen LogP contribution in [0.2, 0.25) is 0 Å². The highest BCUT2D eigenvalue weighted by Crippen LogP contribution is 2.32. The van der Waals surface area contributed by atoms with Crippen LogP contribution in [0.1, 0.15) is 13.3 Å². The second-order valence-corrected chi connectivity index (χ2v) is 5.31. The number of nitrogens with two attached hydrogens (primary N) is 1. The molecule has 5 heteroatoms. The van der Waals surface area contributed by atoms with Gasteiger partial charge in [0.2, 0.25) is 5.91 Å². The van der Waals surface area contributed by atoms with Crippen LogP contribution in [0, 0.1) is 0 Å². The van der Waals surface area contributed by atoms with Gasteiger partial charge in [0.25, 0.3) is 0 Å². The number of hydrogen-bond donors (Lipinski definition) is 2. The summed E-state index contributed by atoms with van der Waals surface area (Å²) in [6.07, 6.45) is 0.874. The minimum atomic E-state index is 0.0319. The Morgan fingerprint density at radius 3 is 3.06 bits per heavy atom. The Balaban J connectivity index is 2.23. The maximum Gasteiger partial charge on any atom is 0.243 e. The van der Waals surface area contributed by atoms with E-state index in [1.807, 2.05) is 25.1 Å². The Morgan fingerprint density at radius 2 is 2.35 bits per heavy atom. The molecule has 1 heterocycles. The highest BCUT2D eigenvalue weighted by molar-refractivity contribution is 9.10. The number of amides is 1.